The standard InChI is InChI=1S/C32H46O7/c1-26-23-31(37)25-30(36)21-16-19-27(33)18-15-20-29(35)24-28(34)17-13-11-9-7-5-3-2-4-6-8-10-12-14-22-32(38)39-26/h2-13,15-16,19-20,26-31,33-37H,14,17-18,21-25H2,1H3/b4-2+,5-3+,8-6+,9-7+,12-10+,13-11+,19-16+,20-15+. The van der Waals surface area contributed by atoms with E-state index in [1.165, 1.54) is 0 Å². The number of ether oxygens (including phenoxy) is 1. The maximum atomic E-state index is 12.0. The minimum atomic E-state index is -0.825. The van der Waals surface area contributed by atoms with Crippen LogP contribution in [0, 0.1) is 0 Å². The molecule has 1 aliphatic heterocycles. The van der Waals surface area contributed by atoms with Crippen LogP contribution < -0.4 is 0 Å². The van der Waals surface area contributed by atoms with Crippen molar-refractivity contribution in [1.82, 2.24) is 0 Å². The van der Waals surface area contributed by atoms with Gasteiger partial charge in [0.2, 0.25) is 0 Å². The van der Waals surface area contributed by atoms with Gasteiger partial charge in [0.05, 0.1) is 30.5 Å². The SMILES string of the molecule is CC1CC(O)CC(O)C/C=C/C(O)C/C=C/C(O)CC(O)C/C=C/C=C/C=C/C=C/C=C/C=C/CCC(=O)O1. The molecule has 1 aliphatic rings. The molecule has 5 N–H and O–H groups in total. The summed E-state index contributed by atoms with van der Waals surface area (Å²) in [5.74, 6) is -0.336. The van der Waals surface area contributed by atoms with Crippen molar-refractivity contribution >= 4 is 5.97 Å². The minimum absolute atomic E-state index is 0.127. The van der Waals surface area contributed by atoms with Crippen LogP contribution >= 0.6 is 0 Å². The van der Waals surface area contributed by atoms with Crippen molar-refractivity contribution < 1.29 is 35.1 Å². The molecule has 0 aliphatic carbocycles. The van der Waals surface area contributed by atoms with E-state index in [9.17, 15) is 30.3 Å². The maximum absolute atomic E-state index is 12.0. The van der Waals surface area contributed by atoms with E-state index in [0.717, 1.165) is 0 Å². The van der Waals surface area contributed by atoms with Crippen molar-refractivity contribution in [3.63, 3.8) is 0 Å². The molecule has 0 aromatic carbocycles. The van der Waals surface area contributed by atoms with Gasteiger partial charge in [-0.15, -0.1) is 0 Å². The normalized spacial score (nSPS) is 36.5. The molecular weight excluding hydrogens is 496 g/mol. The molecule has 1 rings (SSSR count). The molecule has 0 aromatic rings. The van der Waals surface area contributed by atoms with E-state index < -0.39 is 36.6 Å². The Labute approximate surface area is 233 Å². The first kappa shape index (κ1) is 34.2. The summed E-state index contributed by atoms with van der Waals surface area (Å²) in [5, 5.41) is 50.6. The Kier molecular flexibility index (Phi) is 19.3. The maximum Gasteiger partial charge on any atom is 0.306 e. The van der Waals surface area contributed by atoms with Gasteiger partial charge < -0.3 is 30.3 Å². The number of carbonyl (C=O) groups is 1. The Balaban J connectivity index is 2.70. The average molecular weight is 543 g/mol. The van der Waals surface area contributed by atoms with E-state index in [4.69, 9.17) is 4.74 Å². The highest BCUT2D eigenvalue weighted by molar-refractivity contribution is 5.69. The summed E-state index contributed by atoms with van der Waals surface area (Å²) in [6.07, 6.45) is 26.8. The topological polar surface area (TPSA) is 127 Å². The van der Waals surface area contributed by atoms with Gasteiger partial charge in [-0.2, -0.15) is 0 Å². The fraction of sp³-hybridized carbons (Fsp3) is 0.469. The number of carbonyl (C=O) groups excluding carboxylic acids is 1. The third kappa shape index (κ3) is 20.8. The third-order valence-corrected chi connectivity index (χ3v) is 5.69. The van der Waals surface area contributed by atoms with Crippen molar-refractivity contribution in [3.05, 3.63) is 97.2 Å². The molecule has 7 nitrogen and oxygen atoms in total. The van der Waals surface area contributed by atoms with Crippen LogP contribution in [-0.4, -0.2) is 68.1 Å². The number of aliphatic hydroxyl groups excluding tert-OH is 5. The van der Waals surface area contributed by atoms with Crippen LogP contribution in [0.15, 0.2) is 97.2 Å². The molecule has 0 spiro atoms. The smallest absolute Gasteiger partial charge is 0.306 e. The molecule has 0 fully saturated rings. The summed E-state index contributed by atoms with van der Waals surface area (Å²) in [5.41, 5.74) is 0. The lowest BCUT2D eigenvalue weighted by atomic mass is 10.0. The number of hydrogen-bond acceptors (Lipinski definition) is 7. The number of esters is 1. The molecule has 0 amide bonds. The van der Waals surface area contributed by atoms with Gasteiger partial charge in [-0.25, -0.2) is 0 Å². The van der Waals surface area contributed by atoms with Crippen LogP contribution in [0.1, 0.15) is 58.3 Å². The number of aliphatic hydroxyl groups is 5. The Morgan fingerprint density at radius 1 is 0.590 bits per heavy atom. The van der Waals surface area contributed by atoms with Crippen molar-refractivity contribution in [2.24, 2.45) is 0 Å². The van der Waals surface area contributed by atoms with E-state index in [2.05, 4.69) is 0 Å². The molecule has 0 saturated heterocycles. The molecule has 0 saturated carbocycles. The lowest BCUT2D eigenvalue weighted by Crippen LogP contribution is -2.24. The van der Waals surface area contributed by atoms with Gasteiger partial charge in [-0.1, -0.05) is 97.2 Å². The predicted molar refractivity (Wildman–Crippen MR) is 156 cm³/mol. The minimum Gasteiger partial charge on any atom is -0.463 e. The summed E-state index contributed by atoms with van der Waals surface area (Å²) in [7, 11) is 0. The van der Waals surface area contributed by atoms with Crippen molar-refractivity contribution in [2.45, 2.75) is 94.9 Å². The van der Waals surface area contributed by atoms with Crippen molar-refractivity contribution in [2.75, 3.05) is 0 Å². The monoisotopic (exact) mass is 542 g/mol. The zero-order valence-electron chi connectivity index (χ0n) is 22.9. The van der Waals surface area contributed by atoms with E-state index in [-0.39, 0.29) is 44.5 Å². The first-order chi connectivity index (χ1) is 18.8. The Morgan fingerprint density at radius 2 is 1.10 bits per heavy atom. The van der Waals surface area contributed by atoms with Gasteiger partial charge in [0.25, 0.3) is 0 Å². The molecule has 0 radical (unpaired) electrons. The van der Waals surface area contributed by atoms with E-state index in [1.807, 2.05) is 72.9 Å². The zero-order chi connectivity index (χ0) is 28.7. The zero-order valence-corrected chi connectivity index (χ0v) is 22.9. The third-order valence-electron chi connectivity index (χ3n) is 5.69. The number of cyclic esters (lactones) is 1. The molecule has 6 atom stereocenters. The number of rotatable bonds is 0. The largest absolute Gasteiger partial charge is 0.463 e. The molecule has 1 heterocycles. The average Bonchev–Trinajstić information content (AvgIpc) is 2.85. The Morgan fingerprint density at radius 3 is 1.77 bits per heavy atom. The highest BCUT2D eigenvalue weighted by Crippen LogP contribution is 2.12. The second kappa shape index (κ2) is 22.1. The van der Waals surface area contributed by atoms with Crippen LogP contribution in [-0.2, 0) is 9.53 Å². The molecule has 216 valence electrons. The summed E-state index contributed by atoms with van der Waals surface area (Å²) >= 11 is 0. The van der Waals surface area contributed by atoms with Crippen molar-refractivity contribution in [3.8, 4) is 0 Å². The lowest BCUT2D eigenvalue weighted by molar-refractivity contribution is -0.149. The summed E-state index contributed by atoms with van der Waals surface area (Å²) in [6, 6.07) is 0. The van der Waals surface area contributed by atoms with Gasteiger partial charge in [0, 0.05) is 19.3 Å². The van der Waals surface area contributed by atoms with Crippen LogP contribution in [0.4, 0.5) is 0 Å². The van der Waals surface area contributed by atoms with Gasteiger partial charge >= 0.3 is 5.97 Å². The number of allylic oxidation sites excluding steroid dienone is 11. The molecule has 7 heteroatoms. The van der Waals surface area contributed by atoms with Gasteiger partial charge in [-0.3, -0.25) is 4.79 Å². The summed E-state index contributed by atoms with van der Waals surface area (Å²) in [6.45, 7) is 1.72. The fourth-order valence-corrected chi connectivity index (χ4v) is 3.72. The van der Waals surface area contributed by atoms with Crippen LogP contribution in [0.3, 0.4) is 0 Å². The van der Waals surface area contributed by atoms with Crippen molar-refractivity contribution in [1.29, 1.82) is 0 Å². The lowest BCUT2D eigenvalue weighted by Gasteiger charge is -2.19. The Hall–Kier alpha value is -2.81. The molecule has 0 bridgehead atoms. The Bertz CT molecular complexity index is 894. The molecule has 0 aromatic heterocycles. The highest BCUT2D eigenvalue weighted by atomic mass is 16.5. The van der Waals surface area contributed by atoms with E-state index in [1.54, 1.807) is 31.2 Å². The van der Waals surface area contributed by atoms with Gasteiger partial charge in [0.15, 0.2) is 0 Å². The fourth-order valence-electron chi connectivity index (χ4n) is 3.72. The number of hydrogen-bond donors (Lipinski definition) is 5. The summed E-state index contributed by atoms with van der Waals surface area (Å²) in [4.78, 5) is 12.0. The van der Waals surface area contributed by atoms with Gasteiger partial charge in [-0.05, 0) is 39.0 Å². The molecule has 39 heavy (non-hydrogen) atoms. The van der Waals surface area contributed by atoms with Gasteiger partial charge in [0.1, 0.15) is 6.10 Å². The van der Waals surface area contributed by atoms with E-state index in [0.29, 0.717) is 12.8 Å². The van der Waals surface area contributed by atoms with Crippen LogP contribution in [0.5, 0.6) is 0 Å². The first-order valence-corrected chi connectivity index (χ1v) is 13.7. The predicted octanol–water partition coefficient (Wildman–Crippen LogP) is 4.31. The highest BCUT2D eigenvalue weighted by Gasteiger charge is 2.17. The second-order valence-electron chi connectivity index (χ2n) is 9.60. The van der Waals surface area contributed by atoms with Crippen LogP contribution in [0.25, 0.3) is 0 Å². The second-order valence-corrected chi connectivity index (χ2v) is 9.60. The first-order valence-electron chi connectivity index (χ1n) is 13.7. The molecular formula is C32H46O7. The molecule has 6 unspecified atom stereocenters. The van der Waals surface area contributed by atoms with E-state index >= 15 is 0 Å². The quantitative estimate of drug-likeness (QED) is 0.228. The summed E-state index contributed by atoms with van der Waals surface area (Å²) < 4.78 is 5.35. The van der Waals surface area contributed by atoms with Crippen LogP contribution in [0.2, 0.25) is 0 Å².